The summed E-state index contributed by atoms with van der Waals surface area (Å²) >= 11 is 0. The van der Waals surface area contributed by atoms with Gasteiger partial charge in [0.05, 0.1) is 0 Å². The molecule has 3 nitrogen and oxygen atoms in total. The Bertz CT molecular complexity index is 347. The van der Waals surface area contributed by atoms with E-state index in [0.717, 1.165) is 0 Å². The number of aliphatic hydroxyl groups excluding tert-OH is 1. The van der Waals surface area contributed by atoms with Crippen LogP contribution in [0.15, 0.2) is 24.3 Å². The van der Waals surface area contributed by atoms with Gasteiger partial charge in [-0.05, 0) is 24.1 Å². The van der Waals surface area contributed by atoms with Crippen molar-refractivity contribution in [2.75, 3.05) is 6.61 Å². The molecule has 1 rings (SSSR count). The molecule has 0 unspecified atom stereocenters. The summed E-state index contributed by atoms with van der Waals surface area (Å²) in [6.07, 6.45) is -4.42. The lowest BCUT2D eigenvalue weighted by Crippen LogP contribution is -2.18. The van der Waals surface area contributed by atoms with Gasteiger partial charge in [-0.1, -0.05) is 12.1 Å². The van der Waals surface area contributed by atoms with E-state index in [-0.39, 0.29) is 31.2 Å². The summed E-state index contributed by atoms with van der Waals surface area (Å²) < 4.78 is 39.5. The molecule has 0 aromatic heterocycles. The van der Waals surface area contributed by atoms with E-state index in [2.05, 4.69) is 4.74 Å². The number of aliphatic hydroxyl groups is 1. The minimum Gasteiger partial charge on any atom is -0.406 e. The second-order valence-corrected chi connectivity index (χ2v) is 3.24. The van der Waals surface area contributed by atoms with Gasteiger partial charge in [-0.15, -0.1) is 25.6 Å². The van der Waals surface area contributed by atoms with Crippen molar-refractivity contribution in [3.63, 3.8) is 0 Å². The first-order valence-corrected chi connectivity index (χ1v) is 4.64. The molecule has 0 saturated carbocycles. The van der Waals surface area contributed by atoms with Crippen LogP contribution in [0.2, 0.25) is 0 Å². The second-order valence-electron chi connectivity index (χ2n) is 3.24. The smallest absolute Gasteiger partial charge is 0.406 e. The predicted octanol–water partition coefficient (Wildman–Crippen LogP) is 2.39. The maximum atomic E-state index is 11.9. The van der Waals surface area contributed by atoms with Crippen molar-refractivity contribution in [3.05, 3.63) is 29.8 Å². The first-order valence-electron chi connectivity index (χ1n) is 4.64. The molecule has 0 amide bonds. The van der Waals surface area contributed by atoms with Gasteiger partial charge in [-0.3, -0.25) is 0 Å². The van der Waals surface area contributed by atoms with Gasteiger partial charge in [0.1, 0.15) is 5.75 Å². The third-order valence-corrected chi connectivity index (χ3v) is 1.96. The molecule has 1 atom stereocenters. The molecule has 0 heterocycles. The van der Waals surface area contributed by atoms with E-state index < -0.39 is 12.4 Å². The average molecular weight is 272 g/mol. The van der Waals surface area contributed by atoms with E-state index in [1.807, 2.05) is 0 Å². The van der Waals surface area contributed by atoms with Crippen molar-refractivity contribution < 1.29 is 23.0 Å². The molecule has 0 aliphatic rings. The molecule has 0 saturated heterocycles. The zero-order chi connectivity index (χ0) is 12.2. The quantitative estimate of drug-likeness (QED) is 0.884. The summed E-state index contributed by atoms with van der Waals surface area (Å²) in [5.41, 5.74) is 6.14. The van der Waals surface area contributed by atoms with E-state index in [0.29, 0.717) is 5.56 Å². The van der Waals surface area contributed by atoms with Crippen LogP contribution >= 0.6 is 12.4 Å². The van der Waals surface area contributed by atoms with Crippen LogP contribution in [0, 0.1) is 0 Å². The highest BCUT2D eigenvalue weighted by atomic mass is 35.5. The fourth-order valence-corrected chi connectivity index (χ4v) is 1.25. The van der Waals surface area contributed by atoms with Gasteiger partial charge in [0.15, 0.2) is 0 Å². The molecule has 3 N–H and O–H groups in total. The van der Waals surface area contributed by atoms with Gasteiger partial charge in [0.25, 0.3) is 0 Å². The molecule has 0 aliphatic heterocycles. The van der Waals surface area contributed by atoms with Crippen LogP contribution in [0.1, 0.15) is 18.0 Å². The van der Waals surface area contributed by atoms with Crippen molar-refractivity contribution in [2.45, 2.75) is 18.8 Å². The fourth-order valence-electron chi connectivity index (χ4n) is 1.25. The van der Waals surface area contributed by atoms with E-state index in [1.54, 1.807) is 6.07 Å². The molecule has 0 radical (unpaired) electrons. The highest BCUT2D eigenvalue weighted by Gasteiger charge is 2.31. The van der Waals surface area contributed by atoms with E-state index in [1.165, 1.54) is 18.2 Å². The Morgan fingerprint density at radius 2 is 2.00 bits per heavy atom. The predicted molar refractivity (Wildman–Crippen MR) is 59.0 cm³/mol. The van der Waals surface area contributed by atoms with Crippen LogP contribution in [0.4, 0.5) is 13.2 Å². The minimum atomic E-state index is -4.71. The van der Waals surface area contributed by atoms with Gasteiger partial charge in [-0.2, -0.15) is 0 Å². The standard InChI is InChI=1S/C10H12F3NO2.ClH/c11-10(12,13)16-8-3-1-2-7(6-8)9(14)4-5-15;/h1-3,6,9,15H,4-5,14H2;1H/t9-;/m1./s1. The van der Waals surface area contributed by atoms with Crippen molar-refractivity contribution in [1.29, 1.82) is 0 Å². The van der Waals surface area contributed by atoms with E-state index in [4.69, 9.17) is 10.8 Å². The lowest BCUT2D eigenvalue weighted by molar-refractivity contribution is -0.274. The number of benzene rings is 1. The Morgan fingerprint density at radius 1 is 1.35 bits per heavy atom. The van der Waals surface area contributed by atoms with E-state index in [9.17, 15) is 13.2 Å². The number of rotatable bonds is 4. The Balaban J connectivity index is 0.00000256. The van der Waals surface area contributed by atoms with Crippen LogP contribution < -0.4 is 10.5 Å². The summed E-state index contributed by atoms with van der Waals surface area (Å²) in [7, 11) is 0. The molecule has 1 aromatic rings. The van der Waals surface area contributed by atoms with Gasteiger partial charge >= 0.3 is 6.36 Å². The van der Waals surface area contributed by atoms with Gasteiger partial charge in [0.2, 0.25) is 0 Å². The normalized spacial score (nSPS) is 12.8. The molecule has 98 valence electrons. The van der Waals surface area contributed by atoms with Gasteiger partial charge in [0, 0.05) is 12.6 Å². The lowest BCUT2D eigenvalue weighted by atomic mass is 10.1. The Labute approximate surface area is 103 Å². The SMILES string of the molecule is Cl.N[C@H](CCO)c1cccc(OC(F)(F)F)c1. The van der Waals surface area contributed by atoms with Gasteiger partial charge in [-0.25, -0.2) is 0 Å². The number of alkyl halides is 3. The number of hydrogen-bond acceptors (Lipinski definition) is 3. The third-order valence-electron chi connectivity index (χ3n) is 1.96. The first-order chi connectivity index (χ1) is 7.42. The summed E-state index contributed by atoms with van der Waals surface area (Å²) in [6, 6.07) is 4.93. The molecule has 1 aromatic carbocycles. The van der Waals surface area contributed by atoms with Gasteiger partial charge < -0.3 is 15.6 Å². The highest BCUT2D eigenvalue weighted by molar-refractivity contribution is 5.85. The minimum absolute atomic E-state index is 0. The molecule has 0 spiro atoms. The zero-order valence-electron chi connectivity index (χ0n) is 8.78. The molecule has 0 bridgehead atoms. The third kappa shape index (κ3) is 5.76. The van der Waals surface area contributed by atoms with Crippen LogP contribution in [0.25, 0.3) is 0 Å². The molecular weight excluding hydrogens is 259 g/mol. The number of hydrogen-bond donors (Lipinski definition) is 2. The monoisotopic (exact) mass is 271 g/mol. The molecule has 7 heteroatoms. The van der Waals surface area contributed by atoms with Crippen LogP contribution in [0.5, 0.6) is 5.75 Å². The molecular formula is C10H13ClF3NO2. The van der Waals surface area contributed by atoms with Crippen LogP contribution in [-0.2, 0) is 0 Å². The molecule has 0 fully saturated rings. The summed E-state index contributed by atoms with van der Waals surface area (Å²) in [4.78, 5) is 0. The van der Waals surface area contributed by atoms with Crippen molar-refractivity contribution in [1.82, 2.24) is 0 Å². The number of ether oxygens (including phenoxy) is 1. The highest BCUT2D eigenvalue weighted by Crippen LogP contribution is 2.25. The lowest BCUT2D eigenvalue weighted by Gasteiger charge is -2.13. The van der Waals surface area contributed by atoms with Crippen LogP contribution in [-0.4, -0.2) is 18.1 Å². The Kier molecular flexibility index (Phi) is 6.30. The van der Waals surface area contributed by atoms with E-state index >= 15 is 0 Å². The van der Waals surface area contributed by atoms with Crippen molar-refractivity contribution in [3.8, 4) is 5.75 Å². The van der Waals surface area contributed by atoms with Crippen molar-refractivity contribution in [2.24, 2.45) is 5.73 Å². The zero-order valence-corrected chi connectivity index (χ0v) is 9.59. The second kappa shape index (κ2) is 6.68. The summed E-state index contributed by atoms with van der Waals surface area (Å²) in [5.74, 6) is -0.307. The maximum absolute atomic E-state index is 11.9. The van der Waals surface area contributed by atoms with Crippen molar-refractivity contribution >= 4 is 12.4 Å². The number of halogens is 4. The number of nitrogens with two attached hydrogens (primary N) is 1. The molecule has 17 heavy (non-hydrogen) atoms. The first kappa shape index (κ1) is 16.0. The molecule has 0 aliphatic carbocycles. The maximum Gasteiger partial charge on any atom is 0.573 e. The average Bonchev–Trinajstić information content (AvgIpc) is 2.16. The Morgan fingerprint density at radius 3 is 2.53 bits per heavy atom. The summed E-state index contributed by atoms with van der Waals surface area (Å²) in [6.45, 7) is -0.120. The van der Waals surface area contributed by atoms with Crippen LogP contribution in [0.3, 0.4) is 0 Å². The fraction of sp³-hybridized carbons (Fsp3) is 0.400. The Hall–Kier alpha value is -0.980. The topological polar surface area (TPSA) is 55.5 Å². The largest absolute Gasteiger partial charge is 0.573 e. The summed E-state index contributed by atoms with van der Waals surface area (Å²) in [5, 5.41) is 8.66.